The number of carbonyl (C=O) groups excluding carboxylic acids is 1. The van der Waals surface area contributed by atoms with E-state index in [-0.39, 0.29) is 6.42 Å². The SMILES string of the molecule is CCC(C)(C)CC(C(=O)OC1CC(C(O)(C(F)(F)F)C(F)(F)F)CC(C(O)(C(F)(F)F)C(F)(F)F)C1)C(F)(F)F. The third-order valence-corrected chi connectivity index (χ3v) is 7.25. The summed E-state index contributed by atoms with van der Waals surface area (Å²) in [5.74, 6) is -12.8. The molecule has 1 aliphatic rings. The second-order valence-corrected chi connectivity index (χ2v) is 10.5. The summed E-state index contributed by atoms with van der Waals surface area (Å²) in [7, 11) is 0. The highest BCUT2D eigenvalue weighted by Gasteiger charge is 2.78. The van der Waals surface area contributed by atoms with E-state index in [4.69, 9.17) is 0 Å². The molecule has 0 saturated heterocycles. The number of esters is 1. The maximum Gasteiger partial charge on any atom is 0.426 e. The molecule has 0 amide bonds. The van der Waals surface area contributed by atoms with Gasteiger partial charge in [-0.2, -0.15) is 65.9 Å². The van der Waals surface area contributed by atoms with Crippen LogP contribution in [0.4, 0.5) is 65.9 Å². The van der Waals surface area contributed by atoms with Crippen molar-refractivity contribution < 1.29 is 85.6 Å². The largest absolute Gasteiger partial charge is 0.462 e. The van der Waals surface area contributed by atoms with Gasteiger partial charge in [-0.15, -0.1) is 0 Å². The topological polar surface area (TPSA) is 66.8 Å². The van der Waals surface area contributed by atoms with Crippen molar-refractivity contribution in [3.05, 3.63) is 0 Å². The van der Waals surface area contributed by atoms with Crippen LogP contribution in [0.5, 0.6) is 0 Å². The summed E-state index contributed by atoms with van der Waals surface area (Å²) in [5.41, 5.74) is -13.3. The van der Waals surface area contributed by atoms with E-state index in [0.717, 1.165) is 0 Å². The van der Waals surface area contributed by atoms with Crippen LogP contribution in [-0.4, -0.2) is 64.4 Å². The zero-order valence-corrected chi connectivity index (χ0v) is 20.7. The summed E-state index contributed by atoms with van der Waals surface area (Å²) in [4.78, 5) is 12.4. The van der Waals surface area contributed by atoms with Crippen LogP contribution >= 0.6 is 0 Å². The van der Waals surface area contributed by atoms with Gasteiger partial charge < -0.3 is 14.9 Å². The number of carbonyl (C=O) groups is 1. The highest BCUT2D eigenvalue weighted by molar-refractivity contribution is 5.73. The van der Waals surface area contributed by atoms with E-state index in [2.05, 4.69) is 4.74 Å². The molecule has 1 saturated carbocycles. The summed E-state index contributed by atoms with van der Waals surface area (Å²) in [6, 6.07) is 0. The number of alkyl halides is 15. The summed E-state index contributed by atoms with van der Waals surface area (Å²) >= 11 is 0. The Labute approximate surface area is 216 Å². The first-order chi connectivity index (χ1) is 17.4. The number of aliphatic hydroxyl groups is 2. The van der Waals surface area contributed by atoms with Gasteiger partial charge in [0.2, 0.25) is 0 Å². The van der Waals surface area contributed by atoms with E-state index in [1.807, 2.05) is 0 Å². The van der Waals surface area contributed by atoms with Crippen molar-refractivity contribution in [3.63, 3.8) is 0 Å². The van der Waals surface area contributed by atoms with Gasteiger partial charge in [0, 0.05) is 11.8 Å². The predicted octanol–water partition coefficient (Wildman–Crippen LogP) is 7.03. The summed E-state index contributed by atoms with van der Waals surface area (Å²) in [5, 5.41) is 19.3. The zero-order valence-electron chi connectivity index (χ0n) is 20.7. The van der Waals surface area contributed by atoms with Crippen molar-refractivity contribution in [3.8, 4) is 0 Å². The third kappa shape index (κ3) is 7.03. The van der Waals surface area contributed by atoms with Gasteiger partial charge in [-0.25, -0.2) is 0 Å². The third-order valence-electron chi connectivity index (χ3n) is 7.25. The normalized spacial score (nSPS) is 23.6. The van der Waals surface area contributed by atoms with Crippen LogP contribution in [0.15, 0.2) is 0 Å². The molecule has 1 rings (SSSR count). The van der Waals surface area contributed by atoms with Crippen LogP contribution in [-0.2, 0) is 9.53 Å². The quantitative estimate of drug-likeness (QED) is 0.235. The molecule has 0 aromatic rings. The Morgan fingerprint density at radius 3 is 1.27 bits per heavy atom. The van der Waals surface area contributed by atoms with Gasteiger partial charge in [0.05, 0.1) is 0 Å². The second kappa shape index (κ2) is 10.9. The Kier molecular flexibility index (Phi) is 9.89. The Hall–Kier alpha value is -1.66. The molecule has 4 nitrogen and oxygen atoms in total. The first-order valence-corrected chi connectivity index (χ1v) is 11.4. The number of halogens is 15. The van der Waals surface area contributed by atoms with Gasteiger partial charge in [0.25, 0.3) is 11.2 Å². The smallest absolute Gasteiger partial charge is 0.426 e. The van der Waals surface area contributed by atoms with Crippen LogP contribution in [0.25, 0.3) is 0 Å². The average molecular weight is 626 g/mol. The monoisotopic (exact) mass is 626 g/mol. The molecule has 0 aliphatic heterocycles. The molecular formula is C21H25F15O4. The van der Waals surface area contributed by atoms with Crippen LogP contribution in [0.1, 0.15) is 52.9 Å². The van der Waals surface area contributed by atoms with Crippen molar-refractivity contribution in [1.29, 1.82) is 0 Å². The summed E-state index contributed by atoms with van der Waals surface area (Å²) in [6.07, 6.45) is -42.8. The molecule has 0 bridgehead atoms. The van der Waals surface area contributed by atoms with Crippen molar-refractivity contribution in [2.75, 3.05) is 0 Å². The molecule has 0 aromatic carbocycles. The van der Waals surface area contributed by atoms with Crippen LogP contribution in [0.3, 0.4) is 0 Å². The lowest BCUT2D eigenvalue weighted by molar-refractivity contribution is -0.405. The zero-order chi connectivity index (χ0) is 32.1. The first kappa shape index (κ1) is 36.4. The minimum Gasteiger partial charge on any atom is -0.462 e. The number of hydrogen-bond acceptors (Lipinski definition) is 4. The van der Waals surface area contributed by atoms with E-state index in [9.17, 15) is 80.9 Å². The summed E-state index contributed by atoms with van der Waals surface area (Å²) in [6.45, 7) is 3.84. The van der Waals surface area contributed by atoms with E-state index in [1.165, 1.54) is 20.8 Å². The van der Waals surface area contributed by atoms with Gasteiger partial charge in [-0.05, 0) is 31.1 Å². The van der Waals surface area contributed by atoms with Crippen LogP contribution < -0.4 is 0 Å². The minimum atomic E-state index is -6.78. The molecule has 0 radical (unpaired) electrons. The molecule has 40 heavy (non-hydrogen) atoms. The van der Waals surface area contributed by atoms with Gasteiger partial charge in [0.1, 0.15) is 6.10 Å². The highest BCUT2D eigenvalue weighted by Crippen LogP contribution is 2.58. The van der Waals surface area contributed by atoms with Gasteiger partial charge in [0.15, 0.2) is 5.92 Å². The molecule has 238 valence electrons. The van der Waals surface area contributed by atoms with Crippen LogP contribution in [0.2, 0.25) is 0 Å². The molecule has 2 N–H and O–H groups in total. The fourth-order valence-corrected chi connectivity index (χ4v) is 4.57. The molecule has 1 aliphatic carbocycles. The first-order valence-electron chi connectivity index (χ1n) is 11.4. The lowest BCUT2D eigenvalue weighted by Gasteiger charge is -2.48. The minimum absolute atomic E-state index is 0.00513. The predicted molar refractivity (Wildman–Crippen MR) is 103 cm³/mol. The van der Waals surface area contributed by atoms with Crippen molar-refractivity contribution in [2.24, 2.45) is 23.2 Å². The van der Waals surface area contributed by atoms with E-state index < -0.39 is 103 Å². The Balaban J connectivity index is 3.73. The van der Waals surface area contributed by atoms with Gasteiger partial charge in [-0.3, -0.25) is 4.79 Å². The maximum absolute atomic E-state index is 13.6. The van der Waals surface area contributed by atoms with Crippen LogP contribution in [0, 0.1) is 23.2 Å². The van der Waals surface area contributed by atoms with E-state index in [0.29, 0.717) is 0 Å². The Morgan fingerprint density at radius 2 is 1.02 bits per heavy atom. The van der Waals surface area contributed by atoms with Gasteiger partial charge in [-0.1, -0.05) is 27.2 Å². The molecule has 0 aromatic heterocycles. The van der Waals surface area contributed by atoms with Crippen molar-refractivity contribution >= 4 is 5.97 Å². The molecule has 0 heterocycles. The number of rotatable bonds is 7. The fraction of sp³-hybridized carbons (Fsp3) is 0.952. The molecule has 3 unspecified atom stereocenters. The van der Waals surface area contributed by atoms with Crippen molar-refractivity contribution in [2.45, 2.75) is 101 Å². The fourth-order valence-electron chi connectivity index (χ4n) is 4.57. The maximum atomic E-state index is 13.6. The molecule has 3 atom stereocenters. The molecule has 19 heteroatoms. The highest BCUT2D eigenvalue weighted by atomic mass is 19.4. The average Bonchev–Trinajstić information content (AvgIpc) is 2.72. The molecular weight excluding hydrogens is 601 g/mol. The Bertz CT molecular complexity index is 809. The lowest BCUT2D eigenvalue weighted by Crippen LogP contribution is -2.67. The molecule has 0 spiro atoms. The number of hydrogen-bond donors (Lipinski definition) is 2. The van der Waals surface area contributed by atoms with Gasteiger partial charge >= 0.3 is 36.9 Å². The van der Waals surface area contributed by atoms with E-state index >= 15 is 0 Å². The molecule has 1 fully saturated rings. The Morgan fingerprint density at radius 1 is 0.700 bits per heavy atom. The second-order valence-electron chi connectivity index (χ2n) is 10.5. The number of ether oxygens (including phenoxy) is 1. The standard InChI is InChI=1S/C21H25F15O4/c1-4-14(2,3)8-12(17(22,23)24)13(37)40-11-6-9(15(38,18(25,26)27)19(28,29)30)5-10(7-11)16(39,20(31,32)33)21(34,35)36/h9-12,38-39H,4-8H2,1-3H3. The lowest BCUT2D eigenvalue weighted by atomic mass is 9.65. The van der Waals surface area contributed by atoms with Crippen molar-refractivity contribution in [1.82, 2.24) is 0 Å². The van der Waals surface area contributed by atoms with E-state index in [1.54, 1.807) is 0 Å². The summed E-state index contributed by atoms with van der Waals surface area (Å²) < 4.78 is 206.